The molecule has 2 rings (SSSR count). The molecule has 1 atom stereocenters. The molecular weight excluding hydrogens is 286 g/mol. The van der Waals surface area contributed by atoms with E-state index in [1.54, 1.807) is 0 Å². The zero-order valence-corrected chi connectivity index (χ0v) is 15.4. The Balaban J connectivity index is 2.15. The first kappa shape index (κ1) is 17.8. The Hall–Kier alpha value is -1.55. The van der Waals surface area contributed by atoms with Crippen LogP contribution in [0.3, 0.4) is 0 Å². The van der Waals surface area contributed by atoms with Crippen molar-refractivity contribution in [1.82, 2.24) is 4.90 Å². The van der Waals surface area contributed by atoms with Crippen molar-refractivity contribution in [2.24, 2.45) is 11.3 Å². The van der Waals surface area contributed by atoms with E-state index in [-0.39, 0.29) is 16.9 Å². The van der Waals surface area contributed by atoms with Crippen LogP contribution in [0, 0.1) is 11.3 Å². The number of amides is 1. The van der Waals surface area contributed by atoms with Crippen molar-refractivity contribution in [3.05, 3.63) is 24.3 Å². The van der Waals surface area contributed by atoms with Crippen LogP contribution in [0.5, 0.6) is 0 Å². The van der Waals surface area contributed by atoms with Crippen LogP contribution in [-0.2, 0) is 4.79 Å². The number of benzene rings is 1. The molecule has 1 aliphatic heterocycles. The number of carbonyl (C=O) groups is 1. The molecule has 4 heteroatoms. The number of nitrogen functional groups attached to an aromatic ring is 1. The topological polar surface area (TPSA) is 49.6 Å². The Morgan fingerprint density at radius 3 is 2.48 bits per heavy atom. The van der Waals surface area contributed by atoms with E-state index in [1.165, 1.54) is 0 Å². The van der Waals surface area contributed by atoms with E-state index in [2.05, 4.69) is 46.6 Å². The number of hydrogen-bond acceptors (Lipinski definition) is 3. The summed E-state index contributed by atoms with van der Waals surface area (Å²) in [5.41, 5.74) is 7.68. The molecule has 0 saturated carbocycles. The molecule has 1 amide bonds. The molecule has 1 aliphatic rings. The SMILES string of the molecule is CN(CC(C)(C)C)C(C)(C)C1CC(=O)N(c2cccc(N)c2)C1. The smallest absolute Gasteiger partial charge is 0.227 e. The Bertz CT molecular complexity index is 574. The summed E-state index contributed by atoms with van der Waals surface area (Å²) in [6.45, 7) is 13.0. The highest BCUT2D eigenvalue weighted by Gasteiger charge is 2.42. The standard InChI is InChI=1S/C19H31N3O/c1-18(2,3)13-21(6)19(4,5)14-10-17(23)22(12-14)16-9-7-8-15(20)11-16/h7-9,11,14H,10,12-13,20H2,1-6H3. The maximum Gasteiger partial charge on any atom is 0.227 e. The fourth-order valence-electron chi connectivity index (χ4n) is 3.35. The number of carbonyl (C=O) groups excluding carboxylic acids is 1. The van der Waals surface area contributed by atoms with E-state index in [0.29, 0.717) is 18.0 Å². The lowest BCUT2D eigenvalue weighted by Gasteiger charge is -2.43. The van der Waals surface area contributed by atoms with Crippen molar-refractivity contribution >= 4 is 17.3 Å². The van der Waals surface area contributed by atoms with Crippen LogP contribution < -0.4 is 10.6 Å². The molecule has 1 unspecified atom stereocenters. The minimum absolute atomic E-state index is 0.0297. The molecule has 0 bridgehead atoms. The normalized spacial score (nSPS) is 19.7. The quantitative estimate of drug-likeness (QED) is 0.866. The second-order valence-electron chi connectivity index (χ2n) is 8.57. The van der Waals surface area contributed by atoms with Crippen molar-refractivity contribution in [2.75, 3.05) is 30.8 Å². The van der Waals surface area contributed by atoms with Gasteiger partial charge in [0.05, 0.1) is 0 Å². The van der Waals surface area contributed by atoms with Crippen molar-refractivity contribution in [2.45, 2.75) is 46.6 Å². The average Bonchev–Trinajstić information content (AvgIpc) is 2.79. The maximum absolute atomic E-state index is 12.5. The molecule has 1 aromatic rings. The van der Waals surface area contributed by atoms with E-state index in [9.17, 15) is 4.79 Å². The summed E-state index contributed by atoms with van der Waals surface area (Å²) in [7, 11) is 2.17. The van der Waals surface area contributed by atoms with E-state index in [4.69, 9.17) is 5.73 Å². The number of nitrogens with zero attached hydrogens (tertiary/aromatic N) is 2. The fourth-order valence-corrected chi connectivity index (χ4v) is 3.35. The Morgan fingerprint density at radius 1 is 1.26 bits per heavy atom. The van der Waals surface area contributed by atoms with Gasteiger partial charge in [-0.25, -0.2) is 0 Å². The Kier molecular flexibility index (Phi) is 4.76. The summed E-state index contributed by atoms with van der Waals surface area (Å²) in [5, 5.41) is 0. The number of hydrogen-bond donors (Lipinski definition) is 1. The first-order chi connectivity index (χ1) is 10.5. The van der Waals surface area contributed by atoms with Crippen molar-refractivity contribution in [3.8, 4) is 0 Å². The van der Waals surface area contributed by atoms with Crippen LogP contribution in [0.4, 0.5) is 11.4 Å². The van der Waals surface area contributed by atoms with Crippen LogP contribution in [0.2, 0.25) is 0 Å². The van der Waals surface area contributed by atoms with Gasteiger partial charge in [0.2, 0.25) is 5.91 Å². The molecular formula is C19H31N3O. The predicted octanol–water partition coefficient (Wildman–Crippen LogP) is 3.38. The third-order valence-corrected chi connectivity index (χ3v) is 5.00. The lowest BCUT2D eigenvalue weighted by molar-refractivity contribution is -0.117. The Labute approximate surface area is 140 Å². The highest BCUT2D eigenvalue weighted by molar-refractivity contribution is 5.96. The third kappa shape index (κ3) is 4.05. The zero-order valence-electron chi connectivity index (χ0n) is 15.4. The summed E-state index contributed by atoms with van der Waals surface area (Å²) in [5.74, 6) is 0.501. The van der Waals surface area contributed by atoms with Gasteiger partial charge in [-0.1, -0.05) is 26.8 Å². The zero-order chi connectivity index (χ0) is 17.4. The molecule has 1 saturated heterocycles. The minimum Gasteiger partial charge on any atom is -0.399 e. The average molecular weight is 317 g/mol. The summed E-state index contributed by atoms with van der Waals surface area (Å²) in [4.78, 5) is 16.8. The minimum atomic E-state index is -0.0297. The van der Waals surface area contributed by atoms with E-state index < -0.39 is 0 Å². The monoisotopic (exact) mass is 317 g/mol. The lowest BCUT2D eigenvalue weighted by Crippen LogP contribution is -2.50. The summed E-state index contributed by atoms with van der Waals surface area (Å²) in [6, 6.07) is 7.60. The van der Waals surface area contributed by atoms with Gasteiger partial charge < -0.3 is 15.5 Å². The Morgan fingerprint density at radius 2 is 1.91 bits per heavy atom. The first-order valence-electron chi connectivity index (χ1n) is 8.38. The molecule has 2 N–H and O–H groups in total. The highest BCUT2D eigenvalue weighted by Crippen LogP contribution is 2.36. The van der Waals surface area contributed by atoms with Crippen LogP contribution in [-0.4, -0.2) is 36.5 Å². The largest absolute Gasteiger partial charge is 0.399 e. The van der Waals surface area contributed by atoms with Gasteiger partial charge >= 0.3 is 0 Å². The molecule has 4 nitrogen and oxygen atoms in total. The molecule has 23 heavy (non-hydrogen) atoms. The predicted molar refractivity (Wildman–Crippen MR) is 97.5 cm³/mol. The number of rotatable bonds is 4. The van der Waals surface area contributed by atoms with Gasteiger partial charge in [-0.3, -0.25) is 4.79 Å². The maximum atomic E-state index is 12.5. The molecule has 1 heterocycles. The van der Waals surface area contributed by atoms with E-state index in [1.807, 2.05) is 29.2 Å². The van der Waals surface area contributed by atoms with E-state index >= 15 is 0 Å². The molecule has 0 radical (unpaired) electrons. The van der Waals surface area contributed by atoms with Crippen LogP contribution >= 0.6 is 0 Å². The third-order valence-electron chi connectivity index (χ3n) is 5.00. The van der Waals surface area contributed by atoms with Crippen LogP contribution in [0.25, 0.3) is 0 Å². The lowest BCUT2D eigenvalue weighted by atomic mass is 9.83. The second-order valence-corrected chi connectivity index (χ2v) is 8.57. The second kappa shape index (κ2) is 6.16. The van der Waals surface area contributed by atoms with Gasteiger partial charge in [0.25, 0.3) is 0 Å². The molecule has 0 aliphatic carbocycles. The molecule has 1 aromatic carbocycles. The first-order valence-corrected chi connectivity index (χ1v) is 8.38. The van der Waals surface area contributed by atoms with E-state index in [0.717, 1.165) is 18.8 Å². The molecule has 0 spiro atoms. The molecule has 128 valence electrons. The summed E-state index contributed by atoms with van der Waals surface area (Å²) < 4.78 is 0. The highest BCUT2D eigenvalue weighted by atomic mass is 16.2. The van der Waals surface area contributed by atoms with Gasteiger partial charge in [-0.2, -0.15) is 0 Å². The van der Waals surface area contributed by atoms with Crippen molar-refractivity contribution in [1.29, 1.82) is 0 Å². The number of nitrogens with two attached hydrogens (primary N) is 1. The van der Waals surface area contributed by atoms with Gasteiger partial charge in [0.1, 0.15) is 0 Å². The van der Waals surface area contributed by atoms with Crippen LogP contribution in [0.15, 0.2) is 24.3 Å². The van der Waals surface area contributed by atoms with Crippen molar-refractivity contribution < 1.29 is 4.79 Å². The molecule has 1 fully saturated rings. The van der Waals surface area contributed by atoms with Crippen LogP contribution in [0.1, 0.15) is 41.0 Å². The summed E-state index contributed by atoms with van der Waals surface area (Å²) >= 11 is 0. The van der Waals surface area contributed by atoms with Gasteiger partial charge in [-0.05, 0) is 44.5 Å². The molecule has 0 aromatic heterocycles. The van der Waals surface area contributed by atoms with Gasteiger partial charge in [0, 0.05) is 42.3 Å². The van der Waals surface area contributed by atoms with Gasteiger partial charge in [-0.15, -0.1) is 0 Å². The van der Waals surface area contributed by atoms with Gasteiger partial charge in [0.15, 0.2) is 0 Å². The number of anilines is 2. The summed E-state index contributed by atoms with van der Waals surface area (Å²) in [6.07, 6.45) is 0.594. The van der Waals surface area contributed by atoms with Crippen molar-refractivity contribution in [3.63, 3.8) is 0 Å². The fraction of sp³-hybridized carbons (Fsp3) is 0.632.